The van der Waals surface area contributed by atoms with Crippen molar-refractivity contribution in [2.75, 3.05) is 0 Å². The molecule has 0 bridgehead atoms. The minimum absolute atomic E-state index is 0. The maximum atomic E-state index is 12.1. The first kappa shape index (κ1) is 20.9. The molecular weight excluding hydrogens is 364 g/mol. The predicted molar refractivity (Wildman–Crippen MR) is 94.3 cm³/mol. The van der Waals surface area contributed by atoms with Gasteiger partial charge in [-0.1, -0.05) is 75.1 Å². The van der Waals surface area contributed by atoms with Crippen LogP contribution in [-0.2, 0) is 23.5 Å². The average Bonchev–Trinajstić information content (AvgIpc) is 2.56. The Morgan fingerprint density at radius 1 is 1.04 bits per heavy atom. The van der Waals surface area contributed by atoms with Gasteiger partial charge in [0.2, 0.25) is 0 Å². The quantitative estimate of drug-likeness (QED) is 0.332. The Labute approximate surface area is 159 Å². The van der Waals surface area contributed by atoms with Gasteiger partial charge < -0.3 is 10.2 Å². The molecule has 0 fully saturated rings. The first-order chi connectivity index (χ1) is 11.5. The second kappa shape index (κ2) is 10.0. The van der Waals surface area contributed by atoms with E-state index < -0.39 is 0 Å². The normalized spacial score (nSPS) is 13.0. The van der Waals surface area contributed by atoms with Gasteiger partial charge >= 0.3 is 17.1 Å². The molecule has 1 unspecified atom stereocenters. The molecule has 0 aliphatic carbocycles. The van der Waals surface area contributed by atoms with E-state index in [1.165, 1.54) is 17.8 Å². The fourth-order valence-electron chi connectivity index (χ4n) is 2.38. The molecule has 0 aliphatic rings. The average molecular weight is 386 g/mol. The molecule has 5 heteroatoms. The summed E-state index contributed by atoms with van der Waals surface area (Å²) in [5, 5.41) is 31.1. The van der Waals surface area contributed by atoms with Gasteiger partial charge in [0.1, 0.15) is 0 Å². The Kier molecular flexibility index (Phi) is 8.39. The topological polar surface area (TPSA) is 70.8 Å². The molecule has 25 heavy (non-hydrogen) atoms. The van der Waals surface area contributed by atoms with E-state index in [4.69, 9.17) is 0 Å². The minimum atomic E-state index is -0.363. The van der Waals surface area contributed by atoms with E-state index >= 15 is 0 Å². The van der Waals surface area contributed by atoms with Crippen LogP contribution in [0.5, 0.6) is 5.75 Å². The summed E-state index contributed by atoms with van der Waals surface area (Å²) in [6.07, 6.45) is 2.34. The Morgan fingerprint density at radius 2 is 1.68 bits per heavy atom. The van der Waals surface area contributed by atoms with E-state index in [9.17, 15) is 10.2 Å². The van der Waals surface area contributed by atoms with Crippen LogP contribution in [0.4, 0.5) is 0 Å². The van der Waals surface area contributed by atoms with Crippen LogP contribution in [0.1, 0.15) is 43.4 Å². The standard InChI is InChI=1S/C20H24N2O2.Cu/c1-14(2)12-16-8-10-17(11-9-16)15(3)20(24)22-21-13-18-6-4-5-7-19(18)23;/h4-11,13-15,23H,12H2,1-3H3,(H,22,24);/q;+2/p-2/b21-13-;. The zero-order valence-corrected chi connectivity index (χ0v) is 15.5. The Bertz CT molecular complexity index is 725. The van der Waals surface area contributed by atoms with Crippen LogP contribution in [0.2, 0.25) is 0 Å². The van der Waals surface area contributed by atoms with Crippen molar-refractivity contribution in [2.24, 2.45) is 16.1 Å². The molecule has 0 spiro atoms. The van der Waals surface area contributed by atoms with Crippen molar-refractivity contribution in [1.82, 2.24) is 0 Å². The predicted octanol–water partition coefficient (Wildman–Crippen LogP) is 2.85. The fourth-order valence-corrected chi connectivity index (χ4v) is 2.38. The number of benzene rings is 2. The summed E-state index contributed by atoms with van der Waals surface area (Å²) < 4.78 is 0. The van der Waals surface area contributed by atoms with E-state index in [1.807, 2.05) is 12.1 Å². The molecule has 0 saturated carbocycles. The van der Waals surface area contributed by atoms with Gasteiger partial charge in [-0.15, -0.1) is 0 Å². The number of hydrogen-bond acceptors (Lipinski definition) is 4. The van der Waals surface area contributed by atoms with E-state index in [-0.39, 0.29) is 34.6 Å². The fraction of sp³-hybridized carbons (Fsp3) is 0.300. The summed E-state index contributed by atoms with van der Waals surface area (Å²) in [5.41, 5.74) is 2.59. The molecule has 2 aromatic carbocycles. The van der Waals surface area contributed by atoms with Crippen LogP contribution in [0.15, 0.2) is 58.7 Å². The molecule has 2 rings (SSSR count). The third-order valence-corrected chi connectivity index (χ3v) is 3.77. The van der Waals surface area contributed by atoms with Crippen molar-refractivity contribution in [1.29, 1.82) is 0 Å². The Hall–Kier alpha value is -2.10. The maximum absolute atomic E-state index is 12.1. The van der Waals surface area contributed by atoms with Gasteiger partial charge in [-0.2, -0.15) is 10.2 Å². The Balaban J connectivity index is 0.00000312. The van der Waals surface area contributed by atoms with Crippen molar-refractivity contribution in [2.45, 2.75) is 33.1 Å². The van der Waals surface area contributed by atoms with Gasteiger partial charge in [0.15, 0.2) is 0 Å². The van der Waals surface area contributed by atoms with E-state index in [0.29, 0.717) is 11.5 Å². The van der Waals surface area contributed by atoms with E-state index in [1.54, 1.807) is 25.1 Å². The second-order valence-corrected chi connectivity index (χ2v) is 6.28. The second-order valence-electron chi connectivity index (χ2n) is 6.28. The molecule has 2 aromatic rings. The molecule has 0 N–H and O–H groups in total. The van der Waals surface area contributed by atoms with Gasteiger partial charge in [0.25, 0.3) is 0 Å². The van der Waals surface area contributed by atoms with Crippen LogP contribution >= 0.6 is 0 Å². The van der Waals surface area contributed by atoms with Gasteiger partial charge in [0, 0.05) is 5.92 Å². The van der Waals surface area contributed by atoms with Gasteiger partial charge in [-0.25, -0.2) is 0 Å². The zero-order chi connectivity index (χ0) is 17.5. The van der Waals surface area contributed by atoms with Crippen LogP contribution in [-0.4, -0.2) is 12.1 Å². The smallest absolute Gasteiger partial charge is 0.872 e. The van der Waals surface area contributed by atoms with E-state index in [0.717, 1.165) is 12.0 Å². The third kappa shape index (κ3) is 6.37. The summed E-state index contributed by atoms with van der Waals surface area (Å²) in [6.45, 7) is 6.16. The van der Waals surface area contributed by atoms with Crippen molar-refractivity contribution in [3.63, 3.8) is 0 Å². The van der Waals surface area contributed by atoms with Crippen molar-refractivity contribution in [3.05, 3.63) is 65.2 Å². The van der Waals surface area contributed by atoms with Crippen molar-refractivity contribution >= 4 is 12.1 Å². The van der Waals surface area contributed by atoms with Crippen molar-refractivity contribution < 1.29 is 27.3 Å². The van der Waals surface area contributed by atoms with Gasteiger partial charge in [0.05, 0.1) is 6.21 Å². The van der Waals surface area contributed by atoms with Gasteiger partial charge in [-0.05, 0) is 34.9 Å². The number of nitrogens with zero attached hydrogens (tertiary/aromatic N) is 2. The molecule has 0 amide bonds. The minimum Gasteiger partial charge on any atom is -0.872 e. The molecule has 0 aromatic heterocycles. The summed E-state index contributed by atoms with van der Waals surface area (Å²) >= 11 is 0. The molecule has 0 aliphatic heterocycles. The first-order valence-corrected chi connectivity index (χ1v) is 8.10. The van der Waals surface area contributed by atoms with Crippen LogP contribution in [0.3, 0.4) is 0 Å². The number of rotatable bonds is 6. The molecule has 4 nitrogen and oxygen atoms in total. The summed E-state index contributed by atoms with van der Waals surface area (Å²) in [7, 11) is 0. The Morgan fingerprint density at radius 3 is 2.28 bits per heavy atom. The summed E-state index contributed by atoms with van der Waals surface area (Å²) in [5.74, 6) is -0.232. The van der Waals surface area contributed by atoms with Crippen LogP contribution in [0.25, 0.3) is 0 Å². The monoisotopic (exact) mass is 385 g/mol. The van der Waals surface area contributed by atoms with Crippen LogP contribution in [0, 0.1) is 5.92 Å². The van der Waals surface area contributed by atoms with Crippen molar-refractivity contribution in [3.8, 4) is 5.75 Å². The summed E-state index contributed by atoms with van der Waals surface area (Å²) in [4.78, 5) is 0. The van der Waals surface area contributed by atoms with E-state index in [2.05, 4.69) is 36.2 Å². The SMILES string of the molecule is CC(C)Cc1ccc(C(C)/C([O-])=N/N=C\c2ccccc2[O-])cc1.[Cu+2]. The number of hydrogen-bond donors (Lipinski definition) is 0. The first-order valence-electron chi connectivity index (χ1n) is 8.10. The summed E-state index contributed by atoms with van der Waals surface area (Å²) in [6, 6.07) is 14.5. The largest absolute Gasteiger partial charge is 2.00 e. The molecule has 1 atom stereocenters. The molecular formula is C20H22CuN2O2. The molecule has 1 radical (unpaired) electrons. The number of para-hydroxylation sites is 1. The van der Waals surface area contributed by atoms with Crippen LogP contribution < -0.4 is 10.2 Å². The molecule has 135 valence electrons. The third-order valence-electron chi connectivity index (χ3n) is 3.77. The zero-order valence-electron chi connectivity index (χ0n) is 14.6. The van der Waals surface area contributed by atoms with Gasteiger partial charge in [-0.3, -0.25) is 0 Å². The molecule has 0 saturated heterocycles. The molecule has 0 heterocycles. The maximum Gasteiger partial charge on any atom is 2.00 e.